The molecule has 0 amide bonds. The van der Waals surface area contributed by atoms with Crippen molar-refractivity contribution in [2.75, 3.05) is 0 Å². The van der Waals surface area contributed by atoms with Crippen molar-refractivity contribution in [1.82, 2.24) is 0 Å². The number of hydrogen-bond donors (Lipinski definition) is 0. The van der Waals surface area contributed by atoms with Crippen LogP contribution in [0.3, 0.4) is 0 Å². The molecule has 4 aromatic rings. The van der Waals surface area contributed by atoms with Crippen LogP contribution in [0.25, 0.3) is 22.3 Å². The first-order valence-corrected chi connectivity index (χ1v) is 9.92. The zero-order chi connectivity index (χ0) is 23.6. The minimum Gasteiger partial charge on any atom is -0.166 e. The molecule has 4 rings (SSSR count). The summed E-state index contributed by atoms with van der Waals surface area (Å²) in [6, 6.07) is 24.5. The fourth-order valence-corrected chi connectivity index (χ4v) is 3.36. The maximum atomic E-state index is 12.7. The van der Waals surface area contributed by atoms with Crippen molar-refractivity contribution in [3.8, 4) is 22.3 Å². The van der Waals surface area contributed by atoms with Crippen LogP contribution in [-0.4, -0.2) is 0 Å². The summed E-state index contributed by atoms with van der Waals surface area (Å²) in [6.07, 6.45) is -5.51. The number of rotatable bonds is 4. The quantitative estimate of drug-likeness (QED) is 0.271. The Kier molecular flexibility index (Phi) is 6.02. The molecule has 2 radical (unpaired) electrons. The minimum atomic E-state index is -4.37. The second kappa shape index (κ2) is 8.77. The summed E-state index contributed by atoms with van der Waals surface area (Å²) in [5, 5.41) is 0. The van der Waals surface area contributed by atoms with Gasteiger partial charge in [-0.25, -0.2) is 0 Å². The van der Waals surface area contributed by atoms with Gasteiger partial charge in [-0.05, 0) is 57.6 Å². The Bertz CT molecular complexity index is 1100. The van der Waals surface area contributed by atoms with Crippen molar-refractivity contribution >= 4 is 0 Å². The molecule has 6 heteroatoms. The second-order valence-electron chi connectivity index (χ2n) is 7.43. The molecule has 0 aliphatic rings. The fraction of sp³-hybridized carbons (Fsp3) is 0.0741. The van der Waals surface area contributed by atoms with E-state index in [0.29, 0.717) is 11.1 Å². The molecule has 4 aromatic carbocycles. The number of halogens is 6. The lowest BCUT2D eigenvalue weighted by atomic mass is 9.98. The Balaban J connectivity index is 1.43. The summed E-state index contributed by atoms with van der Waals surface area (Å²) in [6.45, 7) is 0. The second-order valence-corrected chi connectivity index (χ2v) is 7.43. The maximum absolute atomic E-state index is 12.7. The van der Waals surface area contributed by atoms with Gasteiger partial charge in [0.1, 0.15) is 0 Å². The van der Waals surface area contributed by atoms with E-state index >= 15 is 0 Å². The van der Waals surface area contributed by atoms with Gasteiger partial charge >= 0.3 is 12.4 Å². The molecule has 0 fully saturated rings. The smallest absolute Gasteiger partial charge is 0.166 e. The fourth-order valence-electron chi connectivity index (χ4n) is 3.36. The third-order valence-electron chi connectivity index (χ3n) is 5.15. The molecule has 0 bridgehead atoms. The highest BCUT2D eigenvalue weighted by Gasteiger charge is 2.30. The highest BCUT2D eigenvalue weighted by Crippen LogP contribution is 2.32. The van der Waals surface area contributed by atoms with Crippen LogP contribution in [0.15, 0.2) is 97.1 Å². The van der Waals surface area contributed by atoms with E-state index in [1.165, 1.54) is 24.3 Å². The predicted molar refractivity (Wildman–Crippen MR) is 115 cm³/mol. The molecule has 0 aliphatic carbocycles. The summed E-state index contributed by atoms with van der Waals surface area (Å²) in [5.74, 6) is 0. The van der Waals surface area contributed by atoms with E-state index in [0.717, 1.165) is 46.5 Å². The molecule has 0 aromatic heterocycles. The SMILES string of the molecule is FC(F)(F)c1ccc(-c2ccc([C]c3ccc(-c4ccc(C(F)(F)F)cc4)cc3)cc2)cc1. The van der Waals surface area contributed by atoms with Gasteiger partial charge in [0, 0.05) is 0 Å². The average molecular weight is 454 g/mol. The zero-order valence-electron chi connectivity index (χ0n) is 17.0. The van der Waals surface area contributed by atoms with Gasteiger partial charge in [-0.2, -0.15) is 26.3 Å². The monoisotopic (exact) mass is 454 g/mol. The van der Waals surface area contributed by atoms with Crippen molar-refractivity contribution in [2.24, 2.45) is 0 Å². The van der Waals surface area contributed by atoms with Gasteiger partial charge in [0.05, 0.1) is 17.5 Å². The predicted octanol–water partition coefficient (Wildman–Crippen LogP) is 8.54. The largest absolute Gasteiger partial charge is 0.416 e. The van der Waals surface area contributed by atoms with E-state index in [1.807, 2.05) is 48.5 Å². The van der Waals surface area contributed by atoms with Crippen LogP contribution in [0.5, 0.6) is 0 Å². The van der Waals surface area contributed by atoms with Crippen LogP contribution in [0.4, 0.5) is 26.3 Å². The summed E-state index contributed by atoms with van der Waals surface area (Å²) >= 11 is 0. The Morgan fingerprint density at radius 3 is 0.848 bits per heavy atom. The van der Waals surface area contributed by atoms with Crippen molar-refractivity contribution in [3.05, 3.63) is 126 Å². The van der Waals surface area contributed by atoms with Crippen LogP contribution < -0.4 is 0 Å². The van der Waals surface area contributed by atoms with Crippen molar-refractivity contribution < 1.29 is 26.3 Å². The van der Waals surface area contributed by atoms with Crippen LogP contribution >= 0.6 is 0 Å². The van der Waals surface area contributed by atoms with Gasteiger partial charge in [0.15, 0.2) is 0 Å². The summed E-state index contributed by atoms with van der Waals surface area (Å²) < 4.78 is 76.3. The summed E-state index contributed by atoms with van der Waals surface area (Å²) in [5.41, 5.74) is 3.11. The lowest BCUT2D eigenvalue weighted by Crippen LogP contribution is -2.03. The number of benzene rings is 4. The Morgan fingerprint density at radius 1 is 0.364 bits per heavy atom. The first-order chi connectivity index (χ1) is 15.6. The third kappa shape index (κ3) is 5.45. The van der Waals surface area contributed by atoms with Gasteiger partial charge < -0.3 is 0 Å². The molecule has 33 heavy (non-hydrogen) atoms. The average Bonchev–Trinajstić information content (AvgIpc) is 2.79. The number of alkyl halides is 6. The molecule has 0 spiro atoms. The van der Waals surface area contributed by atoms with Gasteiger partial charge in [0.2, 0.25) is 0 Å². The summed E-state index contributed by atoms with van der Waals surface area (Å²) in [4.78, 5) is 0. The zero-order valence-corrected chi connectivity index (χ0v) is 17.0. The molecule has 0 N–H and O–H groups in total. The third-order valence-corrected chi connectivity index (χ3v) is 5.15. The molecular formula is C27H16F6. The van der Waals surface area contributed by atoms with E-state index in [-0.39, 0.29) is 0 Å². The highest BCUT2D eigenvalue weighted by atomic mass is 19.4. The lowest BCUT2D eigenvalue weighted by molar-refractivity contribution is -0.138. The lowest BCUT2D eigenvalue weighted by Gasteiger charge is -2.09. The van der Waals surface area contributed by atoms with Gasteiger partial charge in [-0.3, -0.25) is 0 Å². The first-order valence-electron chi connectivity index (χ1n) is 9.92. The Hall–Kier alpha value is -3.54. The topological polar surface area (TPSA) is 0 Å². The molecule has 0 aliphatic heterocycles. The van der Waals surface area contributed by atoms with Crippen LogP contribution in [0, 0.1) is 6.42 Å². The van der Waals surface area contributed by atoms with E-state index in [2.05, 4.69) is 6.42 Å². The Labute approximate surface area is 187 Å². The molecule has 0 heterocycles. The molecule has 0 unspecified atom stereocenters. The molecule has 0 atom stereocenters. The number of hydrogen-bond acceptors (Lipinski definition) is 0. The molecular weight excluding hydrogens is 438 g/mol. The van der Waals surface area contributed by atoms with E-state index < -0.39 is 23.5 Å². The van der Waals surface area contributed by atoms with Crippen molar-refractivity contribution in [3.63, 3.8) is 0 Å². The van der Waals surface area contributed by atoms with Crippen LogP contribution in [-0.2, 0) is 12.4 Å². The molecule has 0 nitrogen and oxygen atoms in total. The van der Waals surface area contributed by atoms with Crippen LogP contribution in [0.2, 0.25) is 0 Å². The minimum absolute atomic E-state index is 0.676. The van der Waals surface area contributed by atoms with Crippen molar-refractivity contribution in [2.45, 2.75) is 12.4 Å². The standard InChI is InChI=1S/C27H16F6/c28-26(29,30)24-13-9-22(10-14-24)20-5-1-18(2-6-20)17-19-3-7-21(8-4-19)23-11-15-25(16-12-23)27(31,32)33/h1-16H. The van der Waals surface area contributed by atoms with E-state index in [1.54, 1.807) is 0 Å². The molecule has 166 valence electrons. The molecule has 0 saturated carbocycles. The summed E-state index contributed by atoms with van der Waals surface area (Å²) in [7, 11) is 0. The van der Waals surface area contributed by atoms with E-state index in [9.17, 15) is 26.3 Å². The normalized spacial score (nSPS) is 12.1. The maximum Gasteiger partial charge on any atom is 0.416 e. The first kappa shape index (κ1) is 22.6. The van der Waals surface area contributed by atoms with Gasteiger partial charge in [0.25, 0.3) is 0 Å². The molecule has 0 saturated heterocycles. The van der Waals surface area contributed by atoms with E-state index in [4.69, 9.17) is 0 Å². The van der Waals surface area contributed by atoms with Gasteiger partial charge in [-0.15, -0.1) is 0 Å². The van der Waals surface area contributed by atoms with Crippen molar-refractivity contribution in [1.29, 1.82) is 0 Å². The van der Waals surface area contributed by atoms with Gasteiger partial charge in [-0.1, -0.05) is 72.8 Å². The Morgan fingerprint density at radius 2 is 0.606 bits per heavy atom. The van der Waals surface area contributed by atoms with Crippen LogP contribution in [0.1, 0.15) is 22.3 Å². The highest BCUT2D eigenvalue weighted by molar-refractivity contribution is 5.66.